The number of amides is 1. The summed E-state index contributed by atoms with van der Waals surface area (Å²) in [5.41, 5.74) is 4.87. The van der Waals surface area contributed by atoms with Crippen molar-refractivity contribution in [2.45, 2.75) is 66.7 Å². The molecule has 0 fully saturated rings. The van der Waals surface area contributed by atoms with Crippen LogP contribution in [0.2, 0.25) is 0 Å². The normalized spacial score (nSPS) is 10.9. The van der Waals surface area contributed by atoms with Crippen molar-refractivity contribution in [1.29, 1.82) is 0 Å². The van der Waals surface area contributed by atoms with Crippen LogP contribution in [0.5, 0.6) is 5.75 Å². The minimum Gasteiger partial charge on any atom is -0.508 e. The molecule has 0 aliphatic carbocycles. The number of nitrogens with one attached hydrogen (secondary N) is 1. The van der Waals surface area contributed by atoms with E-state index < -0.39 is 0 Å². The summed E-state index contributed by atoms with van der Waals surface area (Å²) in [7, 11) is 1.92. The molecule has 0 atom stereocenters. The summed E-state index contributed by atoms with van der Waals surface area (Å²) in [6.45, 7) is 9.87. The van der Waals surface area contributed by atoms with E-state index in [1.165, 1.54) is 0 Å². The number of phenols is 1. The molecule has 0 aliphatic heterocycles. The van der Waals surface area contributed by atoms with Crippen molar-refractivity contribution < 1.29 is 9.90 Å². The summed E-state index contributed by atoms with van der Waals surface area (Å²) in [5.74, 6) is -0.174. The van der Waals surface area contributed by atoms with Crippen LogP contribution >= 0.6 is 0 Å². The van der Waals surface area contributed by atoms with Crippen LogP contribution in [0, 0.1) is 6.92 Å². The van der Waals surface area contributed by atoms with Crippen molar-refractivity contribution in [3.8, 4) is 5.75 Å². The monoisotopic (exact) mass is 384 g/mol. The first-order valence-corrected chi connectivity index (χ1v) is 10.2. The molecular weight excluding hydrogens is 352 g/mol. The topological polar surface area (TPSA) is 71.3 Å². The van der Waals surface area contributed by atoms with Crippen molar-refractivity contribution in [3.63, 3.8) is 0 Å². The van der Waals surface area contributed by atoms with Crippen molar-refractivity contribution in [3.05, 3.63) is 56.0 Å². The van der Waals surface area contributed by atoms with Gasteiger partial charge in [-0.3, -0.25) is 9.59 Å². The number of anilines is 1. The van der Waals surface area contributed by atoms with Gasteiger partial charge in [0.2, 0.25) is 0 Å². The van der Waals surface area contributed by atoms with Crippen molar-refractivity contribution in [2.75, 3.05) is 5.32 Å². The Kier molecular flexibility index (Phi) is 7.05. The molecule has 1 aromatic heterocycles. The fraction of sp³-hybridized carbons (Fsp3) is 0.478. The molecule has 5 heteroatoms. The van der Waals surface area contributed by atoms with E-state index in [0.717, 1.165) is 28.9 Å². The number of aromatic hydroxyl groups is 1. The van der Waals surface area contributed by atoms with E-state index in [4.69, 9.17) is 0 Å². The Morgan fingerprint density at radius 3 is 2.11 bits per heavy atom. The minimum absolute atomic E-state index is 0.172. The molecule has 2 rings (SSSR count). The van der Waals surface area contributed by atoms with Gasteiger partial charge in [0, 0.05) is 29.7 Å². The highest BCUT2D eigenvalue weighted by atomic mass is 16.3. The number of hydrogen-bond donors (Lipinski definition) is 2. The molecule has 0 spiro atoms. The molecule has 152 valence electrons. The highest BCUT2D eigenvalue weighted by Crippen LogP contribution is 2.28. The molecule has 0 saturated carbocycles. The Labute approximate surface area is 167 Å². The number of carbonyl (C=O) groups is 1. The Hall–Kier alpha value is -2.56. The first-order chi connectivity index (χ1) is 13.3. The Morgan fingerprint density at radius 2 is 1.64 bits per heavy atom. The molecule has 0 bridgehead atoms. The van der Waals surface area contributed by atoms with Crippen LogP contribution in [-0.2, 0) is 32.7 Å². The maximum atomic E-state index is 13.3. The molecule has 2 aromatic rings. The van der Waals surface area contributed by atoms with Crippen LogP contribution in [0.25, 0.3) is 0 Å². The highest BCUT2D eigenvalue weighted by molar-refractivity contribution is 6.06. The summed E-state index contributed by atoms with van der Waals surface area (Å²) in [4.78, 5) is 26.4. The number of phenolic OH excluding ortho intramolecular Hbond substituents is 1. The summed E-state index contributed by atoms with van der Waals surface area (Å²) >= 11 is 0. The van der Waals surface area contributed by atoms with E-state index in [1.807, 2.05) is 46.2 Å². The fourth-order valence-corrected chi connectivity index (χ4v) is 3.84. The van der Waals surface area contributed by atoms with Gasteiger partial charge in [-0.2, -0.15) is 0 Å². The number of pyridine rings is 1. The molecule has 2 N–H and O–H groups in total. The highest BCUT2D eigenvalue weighted by Gasteiger charge is 2.23. The standard InChI is InChI=1S/C23H32N2O3/c1-7-11-19-20(22(27)18(10-4)14(5)25(19)6)23(28)24-21-15(8-2)12-17(26)13-16(21)9-3/h12-13,26H,7-11H2,1-6H3,(H,24,28). The number of rotatable bonds is 7. The Morgan fingerprint density at radius 1 is 1.07 bits per heavy atom. The third-order valence-electron chi connectivity index (χ3n) is 5.49. The van der Waals surface area contributed by atoms with Crippen LogP contribution in [-0.4, -0.2) is 15.6 Å². The molecule has 1 aromatic carbocycles. The molecule has 1 amide bonds. The molecule has 0 aliphatic rings. The largest absolute Gasteiger partial charge is 0.508 e. The maximum Gasteiger partial charge on any atom is 0.261 e. The van der Waals surface area contributed by atoms with Gasteiger partial charge in [-0.25, -0.2) is 0 Å². The summed E-state index contributed by atoms with van der Waals surface area (Å²) in [6.07, 6.45) is 3.44. The molecule has 1 heterocycles. The van der Waals surface area contributed by atoms with Crippen LogP contribution in [0.4, 0.5) is 5.69 Å². The zero-order valence-electron chi connectivity index (χ0n) is 17.9. The van der Waals surface area contributed by atoms with Gasteiger partial charge in [0.1, 0.15) is 11.3 Å². The first kappa shape index (κ1) is 21.7. The predicted molar refractivity (Wildman–Crippen MR) is 115 cm³/mol. The number of benzene rings is 1. The van der Waals surface area contributed by atoms with Crippen molar-refractivity contribution in [1.82, 2.24) is 4.57 Å². The lowest BCUT2D eigenvalue weighted by molar-refractivity contribution is 0.102. The molecule has 5 nitrogen and oxygen atoms in total. The third kappa shape index (κ3) is 3.98. The lowest BCUT2D eigenvalue weighted by Gasteiger charge is -2.20. The fourth-order valence-electron chi connectivity index (χ4n) is 3.84. The number of nitrogens with zero attached hydrogens (tertiary/aromatic N) is 1. The zero-order valence-corrected chi connectivity index (χ0v) is 17.9. The molecule has 28 heavy (non-hydrogen) atoms. The molecule has 0 unspecified atom stereocenters. The Balaban J connectivity index is 2.66. The smallest absolute Gasteiger partial charge is 0.261 e. The first-order valence-electron chi connectivity index (χ1n) is 10.2. The number of hydrogen-bond acceptors (Lipinski definition) is 3. The minimum atomic E-state index is -0.367. The van der Waals surface area contributed by atoms with Crippen LogP contribution in [0.15, 0.2) is 16.9 Å². The molecule has 0 radical (unpaired) electrons. The van der Waals surface area contributed by atoms with Gasteiger partial charge >= 0.3 is 0 Å². The average Bonchev–Trinajstić information content (AvgIpc) is 2.67. The summed E-state index contributed by atoms with van der Waals surface area (Å²) in [5, 5.41) is 13.0. The van der Waals surface area contributed by atoms with Gasteiger partial charge < -0.3 is 15.0 Å². The van der Waals surface area contributed by atoms with E-state index >= 15 is 0 Å². The van der Waals surface area contributed by atoms with Gasteiger partial charge in [0.25, 0.3) is 5.91 Å². The van der Waals surface area contributed by atoms with E-state index in [0.29, 0.717) is 36.9 Å². The number of aryl methyl sites for hydroxylation is 2. The van der Waals surface area contributed by atoms with Crippen molar-refractivity contribution in [2.24, 2.45) is 7.05 Å². The quantitative estimate of drug-likeness (QED) is 0.700. The lowest BCUT2D eigenvalue weighted by Crippen LogP contribution is -2.31. The van der Waals surface area contributed by atoms with Gasteiger partial charge in [-0.1, -0.05) is 34.1 Å². The molecular formula is C23H32N2O3. The third-order valence-corrected chi connectivity index (χ3v) is 5.49. The number of aromatic nitrogens is 1. The second-order valence-corrected chi connectivity index (χ2v) is 7.18. The van der Waals surface area contributed by atoms with E-state index in [1.54, 1.807) is 12.1 Å². The Bertz CT molecular complexity index is 917. The van der Waals surface area contributed by atoms with Gasteiger partial charge in [0.15, 0.2) is 5.43 Å². The van der Waals surface area contributed by atoms with Gasteiger partial charge in [-0.15, -0.1) is 0 Å². The van der Waals surface area contributed by atoms with Gasteiger partial charge in [0.05, 0.1) is 0 Å². The zero-order chi connectivity index (χ0) is 21.0. The van der Waals surface area contributed by atoms with E-state index in [2.05, 4.69) is 5.32 Å². The predicted octanol–water partition coefficient (Wildman–Crippen LogP) is 4.29. The number of carbonyl (C=O) groups excluding carboxylic acids is 1. The summed E-state index contributed by atoms with van der Waals surface area (Å²) in [6, 6.07) is 3.35. The SMILES string of the molecule is CCCc1c(C(=O)Nc2c(CC)cc(O)cc2CC)c(=O)c(CC)c(C)n1C. The maximum absolute atomic E-state index is 13.3. The van der Waals surface area contributed by atoms with Crippen LogP contribution < -0.4 is 10.7 Å². The lowest BCUT2D eigenvalue weighted by atomic mass is 9.99. The van der Waals surface area contributed by atoms with E-state index in [9.17, 15) is 14.7 Å². The van der Waals surface area contributed by atoms with Gasteiger partial charge in [-0.05, 0) is 55.9 Å². The van der Waals surface area contributed by atoms with Crippen LogP contribution in [0.1, 0.15) is 72.6 Å². The summed E-state index contributed by atoms with van der Waals surface area (Å²) < 4.78 is 1.98. The second-order valence-electron chi connectivity index (χ2n) is 7.18. The average molecular weight is 385 g/mol. The van der Waals surface area contributed by atoms with Crippen LogP contribution in [0.3, 0.4) is 0 Å². The second kappa shape index (κ2) is 9.09. The van der Waals surface area contributed by atoms with Crippen molar-refractivity contribution >= 4 is 11.6 Å². The van der Waals surface area contributed by atoms with E-state index in [-0.39, 0.29) is 22.6 Å². The molecule has 0 saturated heterocycles.